The predicted molar refractivity (Wildman–Crippen MR) is 160 cm³/mol. The molecule has 0 spiro atoms. The van der Waals surface area contributed by atoms with Crippen LogP contribution in [0.2, 0.25) is 0 Å². The van der Waals surface area contributed by atoms with Crippen molar-refractivity contribution in [2.24, 2.45) is 0 Å². The van der Waals surface area contributed by atoms with Gasteiger partial charge in [0.05, 0.1) is 159 Å². The number of ether oxygens (including phenoxy) is 14. The van der Waals surface area contributed by atoms with Gasteiger partial charge in [-0.15, -0.1) is 0 Å². The smallest absolute Gasteiger partial charge is 0.157 e. The van der Waals surface area contributed by atoms with Crippen LogP contribution in [0.15, 0.2) is 0 Å². The molecule has 1 saturated heterocycles. The highest BCUT2D eigenvalue weighted by Crippen LogP contribution is 2.13. The average Bonchev–Trinajstić information content (AvgIpc) is 3.05. The first-order valence-electron chi connectivity index (χ1n) is 16.0. The van der Waals surface area contributed by atoms with Crippen molar-refractivity contribution in [3.63, 3.8) is 0 Å². The minimum absolute atomic E-state index is 0.0650. The number of rotatable bonds is 37. The molecule has 0 saturated carbocycles. The van der Waals surface area contributed by atoms with Crippen molar-refractivity contribution in [1.82, 2.24) is 0 Å². The van der Waals surface area contributed by atoms with Crippen LogP contribution < -0.4 is 0 Å². The molecular formula is C30H60O14. The van der Waals surface area contributed by atoms with Gasteiger partial charge >= 0.3 is 0 Å². The summed E-state index contributed by atoms with van der Waals surface area (Å²) < 4.78 is 75.9. The monoisotopic (exact) mass is 644 g/mol. The Kier molecular flexibility index (Phi) is 34.8. The third-order valence-electron chi connectivity index (χ3n) is 5.82. The molecule has 0 N–H and O–H groups in total. The Morgan fingerprint density at radius 1 is 0.364 bits per heavy atom. The Balaban J connectivity index is 1.60. The molecule has 1 unspecified atom stereocenters. The maximum atomic E-state index is 5.61. The van der Waals surface area contributed by atoms with Gasteiger partial charge in [0.1, 0.15) is 0 Å². The summed E-state index contributed by atoms with van der Waals surface area (Å²) in [5.74, 6) is 0. The first-order valence-corrected chi connectivity index (χ1v) is 16.0. The molecule has 1 aliphatic rings. The van der Waals surface area contributed by atoms with Crippen LogP contribution in [0.1, 0.15) is 19.3 Å². The summed E-state index contributed by atoms with van der Waals surface area (Å²) in [5, 5.41) is 0. The van der Waals surface area contributed by atoms with E-state index >= 15 is 0 Å². The molecule has 0 aromatic rings. The molecule has 44 heavy (non-hydrogen) atoms. The standard InChI is InChI=1S/C30H60O14/c1-31-6-7-32-8-9-33-10-11-34-12-13-35-14-15-36-16-17-37-18-19-38-20-21-39-22-23-40-24-25-41-26-27-42-28-29-44-30-4-2-3-5-43-30/h30H,2-29H2,1H3. The first kappa shape index (κ1) is 41.5. The van der Waals surface area contributed by atoms with E-state index in [1.165, 1.54) is 6.42 Å². The Labute approximate surface area is 264 Å². The number of hydrogen-bond donors (Lipinski definition) is 0. The second-order valence-corrected chi connectivity index (χ2v) is 9.40. The molecule has 0 bridgehead atoms. The van der Waals surface area contributed by atoms with E-state index in [4.69, 9.17) is 66.3 Å². The zero-order valence-electron chi connectivity index (χ0n) is 27.1. The third-order valence-corrected chi connectivity index (χ3v) is 5.82. The van der Waals surface area contributed by atoms with E-state index in [2.05, 4.69) is 0 Å². The van der Waals surface area contributed by atoms with E-state index in [1.54, 1.807) is 7.11 Å². The zero-order valence-corrected chi connectivity index (χ0v) is 27.1. The molecule has 0 aliphatic carbocycles. The minimum Gasteiger partial charge on any atom is -0.382 e. The molecule has 1 atom stereocenters. The fraction of sp³-hybridized carbons (Fsp3) is 1.00. The van der Waals surface area contributed by atoms with Gasteiger partial charge in [-0.05, 0) is 19.3 Å². The molecule has 1 rings (SSSR count). The van der Waals surface area contributed by atoms with Crippen molar-refractivity contribution in [1.29, 1.82) is 0 Å². The van der Waals surface area contributed by atoms with E-state index in [-0.39, 0.29) is 6.29 Å². The summed E-state index contributed by atoms with van der Waals surface area (Å²) in [5.41, 5.74) is 0. The lowest BCUT2D eigenvalue weighted by atomic mass is 10.2. The van der Waals surface area contributed by atoms with Crippen LogP contribution >= 0.6 is 0 Å². The highest BCUT2D eigenvalue weighted by atomic mass is 16.7. The summed E-state index contributed by atoms with van der Waals surface area (Å²) >= 11 is 0. The molecule has 0 amide bonds. The Morgan fingerprint density at radius 2 is 0.636 bits per heavy atom. The fourth-order valence-corrected chi connectivity index (χ4v) is 3.52. The lowest BCUT2D eigenvalue weighted by Gasteiger charge is -2.22. The molecule has 0 aromatic heterocycles. The lowest BCUT2D eigenvalue weighted by Crippen LogP contribution is -2.24. The first-order chi connectivity index (χ1) is 21.9. The van der Waals surface area contributed by atoms with Gasteiger partial charge in [-0.3, -0.25) is 0 Å². The molecule has 1 aliphatic heterocycles. The average molecular weight is 645 g/mol. The van der Waals surface area contributed by atoms with Gasteiger partial charge in [0.25, 0.3) is 0 Å². The SMILES string of the molecule is COCCOCCOCCOCCOCCOCCOCCOCCOCCOCCOCCOCCOC1CCCCO1. The van der Waals surface area contributed by atoms with Crippen molar-refractivity contribution in [2.75, 3.05) is 172 Å². The molecule has 0 radical (unpaired) electrons. The number of hydrogen-bond acceptors (Lipinski definition) is 14. The van der Waals surface area contributed by atoms with Crippen LogP contribution in [-0.2, 0) is 66.3 Å². The Morgan fingerprint density at radius 3 is 0.886 bits per heavy atom. The quantitative estimate of drug-likeness (QED) is 0.0903. The van der Waals surface area contributed by atoms with Crippen LogP contribution in [-0.4, -0.2) is 179 Å². The third kappa shape index (κ3) is 32.8. The molecule has 0 aromatic carbocycles. The van der Waals surface area contributed by atoms with Crippen molar-refractivity contribution >= 4 is 0 Å². The van der Waals surface area contributed by atoms with Gasteiger partial charge in [0.2, 0.25) is 0 Å². The molecular weight excluding hydrogens is 584 g/mol. The van der Waals surface area contributed by atoms with Gasteiger partial charge < -0.3 is 66.3 Å². The van der Waals surface area contributed by atoms with Crippen molar-refractivity contribution < 1.29 is 66.3 Å². The largest absolute Gasteiger partial charge is 0.382 e. The summed E-state index contributed by atoms with van der Waals surface area (Å²) in [6.07, 6.45) is 3.19. The van der Waals surface area contributed by atoms with Crippen LogP contribution in [0, 0.1) is 0 Å². The van der Waals surface area contributed by atoms with E-state index in [1.807, 2.05) is 0 Å². The Bertz CT molecular complexity index is 528. The van der Waals surface area contributed by atoms with E-state index in [0.29, 0.717) is 159 Å². The molecule has 14 heteroatoms. The minimum atomic E-state index is -0.0650. The Hall–Kier alpha value is -0.560. The molecule has 1 fully saturated rings. The fourth-order valence-electron chi connectivity index (χ4n) is 3.52. The zero-order chi connectivity index (χ0) is 31.3. The predicted octanol–water partition coefficient (Wildman–Crippen LogP) is 1.36. The van der Waals surface area contributed by atoms with Crippen molar-refractivity contribution in [3.8, 4) is 0 Å². The molecule has 1 heterocycles. The van der Waals surface area contributed by atoms with Crippen molar-refractivity contribution in [3.05, 3.63) is 0 Å². The van der Waals surface area contributed by atoms with Crippen molar-refractivity contribution in [2.45, 2.75) is 25.6 Å². The van der Waals surface area contributed by atoms with Crippen LogP contribution in [0.3, 0.4) is 0 Å². The summed E-state index contributed by atoms with van der Waals surface area (Å²) in [6.45, 7) is 13.6. The topological polar surface area (TPSA) is 129 Å². The second kappa shape index (κ2) is 36.9. The van der Waals surface area contributed by atoms with Crippen LogP contribution in [0.4, 0.5) is 0 Å². The van der Waals surface area contributed by atoms with Crippen LogP contribution in [0.5, 0.6) is 0 Å². The van der Waals surface area contributed by atoms with Gasteiger partial charge in [0.15, 0.2) is 6.29 Å². The summed E-state index contributed by atoms with van der Waals surface area (Å²) in [4.78, 5) is 0. The van der Waals surface area contributed by atoms with Gasteiger partial charge in [0, 0.05) is 13.7 Å². The maximum absolute atomic E-state index is 5.61. The van der Waals surface area contributed by atoms with Gasteiger partial charge in [-0.2, -0.15) is 0 Å². The summed E-state index contributed by atoms with van der Waals surface area (Å²) in [7, 11) is 1.65. The van der Waals surface area contributed by atoms with E-state index in [9.17, 15) is 0 Å². The normalized spacial score (nSPS) is 15.3. The highest BCUT2D eigenvalue weighted by Gasteiger charge is 2.13. The maximum Gasteiger partial charge on any atom is 0.157 e. The second-order valence-electron chi connectivity index (χ2n) is 9.40. The number of methoxy groups -OCH3 is 1. The van der Waals surface area contributed by atoms with E-state index in [0.717, 1.165) is 19.4 Å². The van der Waals surface area contributed by atoms with Crippen LogP contribution in [0.25, 0.3) is 0 Å². The lowest BCUT2D eigenvalue weighted by molar-refractivity contribution is -0.169. The molecule has 14 nitrogen and oxygen atoms in total. The van der Waals surface area contributed by atoms with Gasteiger partial charge in [-0.25, -0.2) is 0 Å². The molecule has 264 valence electrons. The van der Waals surface area contributed by atoms with E-state index < -0.39 is 0 Å². The van der Waals surface area contributed by atoms with Gasteiger partial charge in [-0.1, -0.05) is 0 Å². The summed E-state index contributed by atoms with van der Waals surface area (Å²) in [6, 6.07) is 0. The highest BCUT2D eigenvalue weighted by molar-refractivity contribution is 4.53.